The van der Waals surface area contributed by atoms with Crippen molar-refractivity contribution in [1.29, 1.82) is 0 Å². The molecular formula is C36H54O3S. The topological polar surface area (TPSA) is 54.4 Å². The summed E-state index contributed by atoms with van der Waals surface area (Å²) in [5.74, 6) is 0. The highest BCUT2D eigenvalue weighted by atomic mass is 32.2. The first kappa shape index (κ1) is 35.6. The third kappa shape index (κ3) is 15.4. The standard InChI is InChI=1S/C36H54O3S/c1-29(2)15-11-16-30(3)18-13-21-33(6)27-36(40(38,39)35-23-9-8-10-24-35)28-34(7)22-14-19-31(4)17-12-20-32(5)25-26-37/h8-10,15,17-18,22-25,27,36-37H,11-14,16,19-21,26,28H2,1-7H3/b30-18+,31-17+,32-25+,33-27+,34-22+. The molecule has 0 saturated heterocycles. The Labute approximate surface area is 246 Å². The zero-order chi connectivity index (χ0) is 30.0. The summed E-state index contributed by atoms with van der Waals surface area (Å²) in [6.45, 7) is 14.9. The molecule has 0 radical (unpaired) electrons. The highest BCUT2D eigenvalue weighted by Gasteiger charge is 2.25. The van der Waals surface area contributed by atoms with Crippen molar-refractivity contribution in [3.05, 3.63) is 100 Å². The average Bonchev–Trinajstić information content (AvgIpc) is 2.88. The number of benzene rings is 1. The van der Waals surface area contributed by atoms with Crippen LogP contribution in [0.25, 0.3) is 0 Å². The highest BCUT2D eigenvalue weighted by molar-refractivity contribution is 7.92. The van der Waals surface area contributed by atoms with Crippen LogP contribution in [0.5, 0.6) is 0 Å². The van der Waals surface area contributed by atoms with Gasteiger partial charge in [0.1, 0.15) is 0 Å². The monoisotopic (exact) mass is 566 g/mol. The highest BCUT2D eigenvalue weighted by Crippen LogP contribution is 2.25. The Morgan fingerprint density at radius 2 is 1.10 bits per heavy atom. The minimum atomic E-state index is -3.49. The molecule has 1 atom stereocenters. The van der Waals surface area contributed by atoms with Crippen LogP contribution < -0.4 is 0 Å². The molecule has 1 aromatic carbocycles. The number of aliphatic hydroxyl groups excluding tert-OH is 1. The summed E-state index contributed by atoms with van der Waals surface area (Å²) < 4.78 is 27.3. The van der Waals surface area contributed by atoms with E-state index in [4.69, 9.17) is 5.11 Å². The lowest BCUT2D eigenvalue weighted by molar-refractivity contribution is 0.341. The van der Waals surface area contributed by atoms with Crippen LogP contribution in [0, 0.1) is 0 Å². The summed E-state index contributed by atoms with van der Waals surface area (Å²) in [5.41, 5.74) is 7.52. The van der Waals surface area contributed by atoms with E-state index >= 15 is 0 Å². The lowest BCUT2D eigenvalue weighted by Crippen LogP contribution is -2.20. The molecule has 1 aromatic rings. The van der Waals surface area contributed by atoms with E-state index in [1.807, 2.05) is 25.1 Å². The Hall–Kier alpha value is -2.43. The van der Waals surface area contributed by atoms with Gasteiger partial charge in [-0.2, -0.15) is 0 Å². The first-order valence-electron chi connectivity index (χ1n) is 14.8. The molecule has 1 unspecified atom stereocenters. The van der Waals surface area contributed by atoms with Gasteiger partial charge >= 0.3 is 0 Å². The van der Waals surface area contributed by atoms with Gasteiger partial charge < -0.3 is 5.11 Å². The molecule has 40 heavy (non-hydrogen) atoms. The Bertz CT molecular complexity index is 1170. The maximum absolute atomic E-state index is 13.6. The van der Waals surface area contributed by atoms with Crippen molar-refractivity contribution in [2.24, 2.45) is 0 Å². The maximum Gasteiger partial charge on any atom is 0.185 e. The summed E-state index contributed by atoms with van der Waals surface area (Å²) in [6.07, 6.45) is 21.1. The van der Waals surface area contributed by atoms with Crippen molar-refractivity contribution in [3.63, 3.8) is 0 Å². The SMILES string of the molecule is CC(C)=CCC/C(C)=C/CC/C(C)=C/C(C/C(C)=C/CC/C(C)=C/CC/C(C)=C/CO)S(=O)(=O)c1ccccc1. The molecule has 1 N–H and O–H groups in total. The Morgan fingerprint density at radius 3 is 1.60 bits per heavy atom. The number of allylic oxidation sites excluding steroid dienone is 10. The smallest absolute Gasteiger partial charge is 0.185 e. The van der Waals surface area contributed by atoms with Gasteiger partial charge in [-0.3, -0.25) is 0 Å². The first-order valence-corrected chi connectivity index (χ1v) is 16.3. The second kappa shape index (κ2) is 19.6. The van der Waals surface area contributed by atoms with E-state index in [2.05, 4.69) is 65.8 Å². The van der Waals surface area contributed by atoms with Crippen molar-refractivity contribution in [1.82, 2.24) is 0 Å². The van der Waals surface area contributed by atoms with Gasteiger partial charge in [0.05, 0.1) is 16.8 Å². The van der Waals surface area contributed by atoms with Gasteiger partial charge in [0.25, 0.3) is 0 Å². The van der Waals surface area contributed by atoms with Crippen LogP contribution in [-0.4, -0.2) is 25.4 Å². The number of rotatable bonds is 18. The number of sulfone groups is 1. The van der Waals surface area contributed by atoms with Crippen LogP contribution >= 0.6 is 0 Å². The largest absolute Gasteiger partial charge is 0.392 e. The van der Waals surface area contributed by atoms with E-state index in [0.717, 1.165) is 62.5 Å². The van der Waals surface area contributed by atoms with E-state index in [9.17, 15) is 8.42 Å². The van der Waals surface area contributed by atoms with Crippen molar-refractivity contribution in [3.8, 4) is 0 Å². The number of hydrogen-bond donors (Lipinski definition) is 1. The molecule has 0 amide bonds. The molecule has 0 aromatic heterocycles. The van der Waals surface area contributed by atoms with Gasteiger partial charge in [0, 0.05) is 0 Å². The lowest BCUT2D eigenvalue weighted by atomic mass is 10.0. The van der Waals surface area contributed by atoms with E-state index in [-0.39, 0.29) is 6.61 Å². The third-order valence-electron chi connectivity index (χ3n) is 7.09. The summed E-state index contributed by atoms with van der Waals surface area (Å²) >= 11 is 0. The van der Waals surface area contributed by atoms with Gasteiger partial charge in [-0.25, -0.2) is 8.42 Å². The molecule has 0 fully saturated rings. The zero-order valence-electron chi connectivity index (χ0n) is 26.2. The Morgan fingerprint density at radius 1 is 0.650 bits per heavy atom. The van der Waals surface area contributed by atoms with Crippen molar-refractivity contribution in [2.45, 2.75) is 116 Å². The second-order valence-corrected chi connectivity index (χ2v) is 13.6. The fraction of sp³-hybridized carbons (Fsp3) is 0.500. The number of hydrogen-bond acceptors (Lipinski definition) is 3. The van der Waals surface area contributed by atoms with Crippen LogP contribution in [0.2, 0.25) is 0 Å². The van der Waals surface area contributed by atoms with Crippen molar-refractivity contribution < 1.29 is 13.5 Å². The minimum Gasteiger partial charge on any atom is -0.392 e. The molecule has 4 heteroatoms. The predicted molar refractivity (Wildman–Crippen MR) is 174 cm³/mol. The van der Waals surface area contributed by atoms with Crippen LogP contribution in [0.3, 0.4) is 0 Å². The quantitative estimate of drug-likeness (QED) is 0.180. The molecule has 0 saturated carbocycles. The van der Waals surface area contributed by atoms with E-state index < -0.39 is 15.1 Å². The van der Waals surface area contributed by atoms with Gasteiger partial charge in [0.2, 0.25) is 0 Å². The molecule has 0 aliphatic carbocycles. The van der Waals surface area contributed by atoms with E-state index in [1.54, 1.807) is 24.3 Å². The molecule has 3 nitrogen and oxygen atoms in total. The van der Waals surface area contributed by atoms with Crippen LogP contribution in [0.4, 0.5) is 0 Å². The Kier molecular flexibility index (Phi) is 17.5. The molecule has 1 rings (SSSR count). The van der Waals surface area contributed by atoms with Crippen molar-refractivity contribution in [2.75, 3.05) is 6.61 Å². The van der Waals surface area contributed by atoms with Gasteiger partial charge in [-0.15, -0.1) is 0 Å². The predicted octanol–water partition coefficient (Wildman–Crippen LogP) is 10.0. The molecule has 0 aliphatic rings. The van der Waals surface area contributed by atoms with Gasteiger partial charge in [0.15, 0.2) is 9.84 Å². The lowest BCUT2D eigenvalue weighted by Gasteiger charge is -2.16. The third-order valence-corrected chi connectivity index (χ3v) is 9.12. The molecule has 0 bridgehead atoms. The van der Waals surface area contributed by atoms with Crippen LogP contribution in [0.1, 0.15) is 106 Å². The zero-order valence-corrected chi connectivity index (χ0v) is 27.0. The summed E-state index contributed by atoms with van der Waals surface area (Å²) in [6, 6.07) is 8.85. The minimum absolute atomic E-state index is 0.0991. The van der Waals surface area contributed by atoms with Gasteiger partial charge in [-0.1, -0.05) is 88.1 Å². The Balaban J connectivity index is 2.91. The first-order chi connectivity index (χ1) is 18.9. The fourth-order valence-electron chi connectivity index (χ4n) is 4.53. The summed E-state index contributed by atoms with van der Waals surface area (Å²) in [4.78, 5) is 0.385. The average molecular weight is 567 g/mol. The second-order valence-electron chi connectivity index (χ2n) is 11.4. The molecule has 222 valence electrons. The van der Waals surface area contributed by atoms with Crippen LogP contribution in [-0.2, 0) is 9.84 Å². The number of aliphatic hydroxyl groups is 1. The van der Waals surface area contributed by atoms with Crippen molar-refractivity contribution >= 4 is 9.84 Å². The normalized spacial score (nSPS) is 14.8. The molecule has 0 aliphatic heterocycles. The van der Waals surface area contributed by atoms with Gasteiger partial charge in [-0.05, 0) is 118 Å². The molecule has 0 spiro atoms. The molecule has 0 heterocycles. The molecular weight excluding hydrogens is 512 g/mol. The van der Waals surface area contributed by atoms with E-state index in [1.165, 1.54) is 22.3 Å². The van der Waals surface area contributed by atoms with Crippen LogP contribution in [0.15, 0.2) is 105 Å². The van der Waals surface area contributed by atoms with E-state index in [0.29, 0.717) is 11.3 Å². The fourth-order valence-corrected chi connectivity index (χ4v) is 6.31. The maximum atomic E-state index is 13.6. The summed E-state index contributed by atoms with van der Waals surface area (Å²) in [5, 5.41) is 8.42. The summed E-state index contributed by atoms with van der Waals surface area (Å²) in [7, 11) is -3.49.